The van der Waals surface area contributed by atoms with E-state index in [1.54, 1.807) is 4.90 Å². The molecule has 2 amide bonds. The number of nitrogens with zero attached hydrogens (tertiary/aromatic N) is 1. The summed E-state index contributed by atoms with van der Waals surface area (Å²) in [6.07, 6.45) is 1.57. The third-order valence-corrected chi connectivity index (χ3v) is 2.51. The fraction of sp³-hybridized carbons (Fsp3) is 0.818. The Morgan fingerprint density at radius 3 is 2.94 bits per heavy atom. The summed E-state index contributed by atoms with van der Waals surface area (Å²) in [6, 6.07) is -0.0185. The first-order chi connectivity index (χ1) is 7.63. The Kier molecular flexibility index (Phi) is 5.25. The molecule has 16 heavy (non-hydrogen) atoms. The highest BCUT2D eigenvalue weighted by atomic mass is 16.5. The molecule has 1 N–H and O–H groups in total. The van der Waals surface area contributed by atoms with Crippen molar-refractivity contribution in [2.45, 2.75) is 32.7 Å². The molecule has 0 aliphatic carbocycles. The van der Waals surface area contributed by atoms with Gasteiger partial charge in [-0.2, -0.15) is 0 Å². The number of hydrogen-bond acceptors (Lipinski definition) is 3. The van der Waals surface area contributed by atoms with Crippen molar-refractivity contribution in [3.05, 3.63) is 0 Å². The summed E-state index contributed by atoms with van der Waals surface area (Å²) in [5.74, 6) is 0.0619. The molecule has 1 atom stereocenters. The number of nitrogens with one attached hydrogen (secondary N) is 1. The summed E-state index contributed by atoms with van der Waals surface area (Å²) in [6.45, 7) is 5.78. The van der Waals surface area contributed by atoms with Crippen LogP contribution in [0.3, 0.4) is 0 Å². The zero-order chi connectivity index (χ0) is 12.0. The zero-order valence-electron chi connectivity index (χ0n) is 9.99. The Labute approximate surface area is 96.1 Å². The molecule has 0 saturated carbocycles. The lowest BCUT2D eigenvalue weighted by Gasteiger charge is -2.21. The molecular formula is C11H20N2O3. The largest absolute Gasteiger partial charge is 0.372 e. The lowest BCUT2D eigenvalue weighted by molar-refractivity contribution is -0.130. The van der Waals surface area contributed by atoms with Crippen LogP contribution in [0, 0.1) is 0 Å². The van der Waals surface area contributed by atoms with Crippen molar-refractivity contribution in [1.82, 2.24) is 10.2 Å². The van der Waals surface area contributed by atoms with Crippen molar-refractivity contribution in [3.8, 4) is 0 Å². The summed E-state index contributed by atoms with van der Waals surface area (Å²) in [5, 5.41) is 2.80. The van der Waals surface area contributed by atoms with Gasteiger partial charge in [-0.05, 0) is 20.3 Å². The third kappa shape index (κ3) is 4.18. The van der Waals surface area contributed by atoms with Gasteiger partial charge in [0.15, 0.2) is 0 Å². The van der Waals surface area contributed by atoms with E-state index in [4.69, 9.17) is 4.74 Å². The second-order valence-electron chi connectivity index (χ2n) is 4.05. The molecule has 5 nitrogen and oxygen atoms in total. The standard InChI is InChI=1S/C11H20N2O3/c1-3-16-8-10(14)12-9(2)7-13-6-4-5-11(13)15/h9H,3-8H2,1-2H3,(H,12,14). The summed E-state index contributed by atoms with van der Waals surface area (Å²) in [7, 11) is 0. The Bertz CT molecular complexity index is 256. The van der Waals surface area contributed by atoms with Crippen LogP contribution >= 0.6 is 0 Å². The SMILES string of the molecule is CCOCC(=O)NC(C)CN1CCCC1=O. The molecule has 5 heteroatoms. The van der Waals surface area contributed by atoms with Gasteiger partial charge in [0.05, 0.1) is 0 Å². The number of carbonyl (C=O) groups excluding carboxylic acids is 2. The van der Waals surface area contributed by atoms with E-state index in [0.29, 0.717) is 19.6 Å². The number of ether oxygens (including phenoxy) is 1. The second kappa shape index (κ2) is 6.48. The normalized spacial score (nSPS) is 17.6. The minimum Gasteiger partial charge on any atom is -0.372 e. The second-order valence-corrected chi connectivity index (χ2v) is 4.05. The maximum atomic E-state index is 11.4. The minimum absolute atomic E-state index is 0.0185. The minimum atomic E-state index is -0.124. The van der Waals surface area contributed by atoms with E-state index in [1.165, 1.54) is 0 Å². The molecular weight excluding hydrogens is 208 g/mol. The van der Waals surface area contributed by atoms with E-state index in [2.05, 4.69) is 5.32 Å². The molecule has 1 unspecified atom stereocenters. The van der Waals surface area contributed by atoms with Gasteiger partial charge in [-0.15, -0.1) is 0 Å². The van der Waals surface area contributed by atoms with Crippen LogP contribution in [0.2, 0.25) is 0 Å². The van der Waals surface area contributed by atoms with Crippen LogP contribution < -0.4 is 5.32 Å². The summed E-state index contributed by atoms with van der Waals surface area (Å²) < 4.78 is 4.99. The van der Waals surface area contributed by atoms with E-state index in [0.717, 1.165) is 13.0 Å². The summed E-state index contributed by atoms with van der Waals surface area (Å²) in [5.41, 5.74) is 0. The number of hydrogen-bond donors (Lipinski definition) is 1. The van der Waals surface area contributed by atoms with E-state index in [1.807, 2.05) is 13.8 Å². The van der Waals surface area contributed by atoms with Crippen LogP contribution in [-0.4, -0.2) is 49.1 Å². The predicted molar refractivity (Wildman–Crippen MR) is 59.9 cm³/mol. The molecule has 1 heterocycles. The van der Waals surface area contributed by atoms with Crippen molar-refractivity contribution >= 4 is 11.8 Å². The highest BCUT2D eigenvalue weighted by Gasteiger charge is 2.22. The molecule has 0 aromatic carbocycles. The highest BCUT2D eigenvalue weighted by molar-refractivity contribution is 5.79. The van der Waals surface area contributed by atoms with Crippen LogP contribution in [0.4, 0.5) is 0 Å². The van der Waals surface area contributed by atoms with E-state index in [-0.39, 0.29) is 24.5 Å². The van der Waals surface area contributed by atoms with Crippen LogP contribution in [0.25, 0.3) is 0 Å². The van der Waals surface area contributed by atoms with Gasteiger partial charge in [-0.1, -0.05) is 0 Å². The molecule has 1 aliphatic heterocycles. The van der Waals surface area contributed by atoms with Gasteiger partial charge in [0, 0.05) is 32.2 Å². The molecule has 0 aromatic rings. The Morgan fingerprint density at radius 2 is 2.38 bits per heavy atom. The van der Waals surface area contributed by atoms with Crippen molar-refractivity contribution in [3.63, 3.8) is 0 Å². The number of amides is 2. The topological polar surface area (TPSA) is 58.6 Å². The van der Waals surface area contributed by atoms with Crippen molar-refractivity contribution < 1.29 is 14.3 Å². The lowest BCUT2D eigenvalue weighted by atomic mass is 10.3. The van der Waals surface area contributed by atoms with E-state index >= 15 is 0 Å². The molecule has 92 valence electrons. The fourth-order valence-corrected chi connectivity index (χ4v) is 1.78. The molecule has 0 radical (unpaired) electrons. The molecule has 0 aromatic heterocycles. The molecule has 0 bridgehead atoms. The van der Waals surface area contributed by atoms with Crippen LogP contribution in [0.5, 0.6) is 0 Å². The van der Waals surface area contributed by atoms with Gasteiger partial charge in [-0.3, -0.25) is 9.59 Å². The van der Waals surface area contributed by atoms with Gasteiger partial charge in [-0.25, -0.2) is 0 Å². The first kappa shape index (κ1) is 13.0. The van der Waals surface area contributed by atoms with Crippen LogP contribution in [0.15, 0.2) is 0 Å². The highest BCUT2D eigenvalue weighted by Crippen LogP contribution is 2.09. The number of carbonyl (C=O) groups is 2. The Morgan fingerprint density at radius 1 is 1.62 bits per heavy atom. The Hall–Kier alpha value is -1.10. The predicted octanol–water partition coefficient (Wildman–Crippen LogP) is 0.150. The molecule has 1 rings (SSSR count). The smallest absolute Gasteiger partial charge is 0.246 e. The lowest BCUT2D eigenvalue weighted by Crippen LogP contribution is -2.43. The van der Waals surface area contributed by atoms with Gasteiger partial charge < -0.3 is 15.0 Å². The maximum Gasteiger partial charge on any atom is 0.246 e. The number of likely N-dealkylation sites (tertiary alicyclic amines) is 1. The average Bonchev–Trinajstić information content (AvgIpc) is 2.61. The van der Waals surface area contributed by atoms with Gasteiger partial charge in [0.25, 0.3) is 0 Å². The first-order valence-corrected chi connectivity index (χ1v) is 5.78. The van der Waals surface area contributed by atoms with Gasteiger partial charge >= 0.3 is 0 Å². The molecule has 1 saturated heterocycles. The van der Waals surface area contributed by atoms with Gasteiger partial charge in [0.1, 0.15) is 6.61 Å². The van der Waals surface area contributed by atoms with E-state index in [9.17, 15) is 9.59 Å². The molecule has 1 fully saturated rings. The zero-order valence-corrected chi connectivity index (χ0v) is 9.99. The quantitative estimate of drug-likeness (QED) is 0.704. The van der Waals surface area contributed by atoms with Crippen LogP contribution in [0.1, 0.15) is 26.7 Å². The molecule has 0 spiro atoms. The third-order valence-electron chi connectivity index (χ3n) is 2.51. The summed E-state index contributed by atoms with van der Waals surface area (Å²) >= 11 is 0. The van der Waals surface area contributed by atoms with Crippen molar-refractivity contribution in [2.75, 3.05) is 26.3 Å². The fourth-order valence-electron chi connectivity index (χ4n) is 1.78. The first-order valence-electron chi connectivity index (χ1n) is 5.78. The van der Waals surface area contributed by atoms with Crippen molar-refractivity contribution in [2.24, 2.45) is 0 Å². The molecule has 1 aliphatic rings. The number of rotatable bonds is 6. The van der Waals surface area contributed by atoms with E-state index < -0.39 is 0 Å². The van der Waals surface area contributed by atoms with Gasteiger partial charge in [0.2, 0.25) is 11.8 Å². The maximum absolute atomic E-state index is 11.4. The Balaban J connectivity index is 2.21. The monoisotopic (exact) mass is 228 g/mol. The summed E-state index contributed by atoms with van der Waals surface area (Å²) in [4.78, 5) is 24.5. The average molecular weight is 228 g/mol. The van der Waals surface area contributed by atoms with Crippen LogP contribution in [-0.2, 0) is 14.3 Å². The van der Waals surface area contributed by atoms with Crippen molar-refractivity contribution in [1.29, 1.82) is 0 Å².